The second-order valence-corrected chi connectivity index (χ2v) is 18.2. The van der Waals surface area contributed by atoms with E-state index >= 15 is 0 Å². The van der Waals surface area contributed by atoms with Gasteiger partial charge in [0.15, 0.2) is 0 Å². The van der Waals surface area contributed by atoms with Gasteiger partial charge in [0, 0.05) is 63.9 Å². The van der Waals surface area contributed by atoms with Crippen LogP contribution in [-0.2, 0) is 0 Å². The minimum Gasteiger partial charge on any atom is -0.455 e. The fourth-order valence-electron chi connectivity index (χ4n) is 10.7. The van der Waals surface area contributed by atoms with Gasteiger partial charge in [-0.25, -0.2) is 0 Å². The molecule has 0 bridgehead atoms. The van der Waals surface area contributed by atoms with Gasteiger partial charge in [0.25, 0.3) is 0 Å². The SMILES string of the molecule is c1ccc(N(c2cc3ccccc3c3ccccc23)c2ccc(-c3ccc(-n4c5ccccc5c5ccccc54)cc3)c3sc4ccccc4c23)c(-c2cccc3c2oc2ccccc23)c1. The molecule has 0 spiro atoms. The normalized spacial score (nSPS) is 11.9. The molecule has 0 saturated carbocycles. The molecule has 0 amide bonds. The average molecular weight is 859 g/mol. The lowest BCUT2D eigenvalue weighted by Crippen LogP contribution is -2.12. The van der Waals surface area contributed by atoms with Crippen molar-refractivity contribution < 1.29 is 4.42 Å². The number of rotatable bonds is 6. The standard InChI is InChI=1S/C62H38N2OS/c1-2-17-42-40(16-1)38-57(45-19-4-3-18-44(42)45)64(55-29-12-7-22-48(55)50-25-15-26-51-49-23-8-13-30-58(49)65-61(50)51)56-37-36-43(62-60(56)52-24-9-14-31-59(52)66-62)39-32-34-41(35-33-39)63-53-27-10-5-20-46(53)47-21-6-11-28-54(47)63/h1-38H. The third-order valence-corrected chi connectivity index (χ3v) is 14.8. The Hall–Kier alpha value is -8.44. The van der Waals surface area contributed by atoms with Crippen molar-refractivity contribution >= 4 is 114 Å². The van der Waals surface area contributed by atoms with E-state index in [1.807, 2.05) is 17.4 Å². The summed E-state index contributed by atoms with van der Waals surface area (Å²) in [6.45, 7) is 0. The highest BCUT2D eigenvalue weighted by Gasteiger charge is 2.26. The zero-order valence-electron chi connectivity index (χ0n) is 35.7. The Morgan fingerprint density at radius 3 is 1.79 bits per heavy atom. The Balaban J connectivity index is 1.03. The Morgan fingerprint density at radius 2 is 0.985 bits per heavy atom. The lowest BCUT2D eigenvalue weighted by Gasteiger charge is -2.30. The van der Waals surface area contributed by atoms with Gasteiger partial charge in [-0.15, -0.1) is 11.3 Å². The number of para-hydroxylation sites is 5. The van der Waals surface area contributed by atoms with Crippen molar-refractivity contribution in [1.82, 2.24) is 4.57 Å². The van der Waals surface area contributed by atoms with Crippen LogP contribution in [0.25, 0.3) is 113 Å². The van der Waals surface area contributed by atoms with Gasteiger partial charge in [-0.2, -0.15) is 0 Å². The molecule has 11 aromatic carbocycles. The van der Waals surface area contributed by atoms with Gasteiger partial charge in [-0.05, 0) is 81.9 Å². The Kier molecular flexibility index (Phi) is 8.15. The molecular formula is C62H38N2OS. The molecule has 0 atom stereocenters. The van der Waals surface area contributed by atoms with E-state index in [2.05, 4.69) is 234 Å². The van der Waals surface area contributed by atoms with Crippen LogP contribution in [0, 0.1) is 0 Å². The van der Waals surface area contributed by atoms with Crippen LogP contribution in [-0.4, -0.2) is 4.57 Å². The number of hydrogen-bond acceptors (Lipinski definition) is 3. The van der Waals surface area contributed by atoms with E-state index < -0.39 is 0 Å². The quantitative estimate of drug-likeness (QED) is 0.155. The molecule has 0 aliphatic carbocycles. The summed E-state index contributed by atoms with van der Waals surface area (Å²) >= 11 is 1.87. The van der Waals surface area contributed by atoms with Crippen LogP contribution in [0.4, 0.5) is 17.1 Å². The van der Waals surface area contributed by atoms with E-state index in [0.29, 0.717) is 0 Å². The van der Waals surface area contributed by atoms with E-state index in [1.54, 1.807) is 0 Å². The largest absolute Gasteiger partial charge is 0.455 e. The molecular weight excluding hydrogens is 821 g/mol. The van der Waals surface area contributed by atoms with Crippen LogP contribution in [0.3, 0.4) is 0 Å². The van der Waals surface area contributed by atoms with Crippen molar-refractivity contribution in [2.45, 2.75) is 0 Å². The predicted octanol–water partition coefficient (Wildman–Crippen LogP) is 18.2. The van der Waals surface area contributed by atoms with Crippen molar-refractivity contribution in [1.29, 1.82) is 0 Å². The highest BCUT2D eigenvalue weighted by molar-refractivity contribution is 7.26. The van der Waals surface area contributed by atoms with Gasteiger partial charge < -0.3 is 13.9 Å². The maximum absolute atomic E-state index is 6.75. The lowest BCUT2D eigenvalue weighted by atomic mass is 9.95. The number of anilines is 3. The first-order chi connectivity index (χ1) is 32.8. The van der Waals surface area contributed by atoms with Crippen LogP contribution in [0.2, 0.25) is 0 Å². The van der Waals surface area contributed by atoms with Gasteiger partial charge in [0.2, 0.25) is 0 Å². The molecule has 66 heavy (non-hydrogen) atoms. The zero-order valence-corrected chi connectivity index (χ0v) is 36.5. The van der Waals surface area contributed by atoms with E-state index in [4.69, 9.17) is 4.42 Å². The molecule has 3 aromatic heterocycles. The predicted molar refractivity (Wildman–Crippen MR) is 282 cm³/mol. The van der Waals surface area contributed by atoms with Crippen molar-refractivity contribution in [2.24, 2.45) is 0 Å². The maximum Gasteiger partial charge on any atom is 0.143 e. The molecule has 3 heterocycles. The molecule has 0 fully saturated rings. The van der Waals surface area contributed by atoms with E-state index in [9.17, 15) is 0 Å². The monoisotopic (exact) mass is 858 g/mol. The smallest absolute Gasteiger partial charge is 0.143 e. The summed E-state index contributed by atoms with van der Waals surface area (Å²) in [5.41, 5.74) is 13.2. The Bertz CT molecular complexity index is 4190. The Morgan fingerprint density at radius 1 is 0.379 bits per heavy atom. The van der Waals surface area contributed by atoms with Crippen LogP contribution >= 0.6 is 11.3 Å². The first kappa shape index (κ1) is 37.0. The van der Waals surface area contributed by atoms with E-state index in [1.165, 1.54) is 74.6 Å². The van der Waals surface area contributed by atoms with Gasteiger partial charge in [0.05, 0.1) is 28.1 Å². The van der Waals surface area contributed by atoms with Crippen LogP contribution < -0.4 is 4.90 Å². The minimum atomic E-state index is 0.889. The first-order valence-electron chi connectivity index (χ1n) is 22.5. The molecule has 308 valence electrons. The molecule has 3 nitrogen and oxygen atoms in total. The molecule has 0 aliphatic rings. The summed E-state index contributed by atoms with van der Waals surface area (Å²) in [5.74, 6) is 0. The van der Waals surface area contributed by atoms with Gasteiger partial charge in [-0.3, -0.25) is 0 Å². The highest BCUT2D eigenvalue weighted by Crippen LogP contribution is 2.52. The number of hydrogen-bond donors (Lipinski definition) is 0. The summed E-state index contributed by atoms with van der Waals surface area (Å²) < 4.78 is 11.6. The third-order valence-electron chi connectivity index (χ3n) is 13.6. The van der Waals surface area contributed by atoms with Crippen molar-refractivity contribution in [2.75, 3.05) is 4.90 Å². The number of furan rings is 1. The highest BCUT2D eigenvalue weighted by atomic mass is 32.1. The van der Waals surface area contributed by atoms with Crippen molar-refractivity contribution in [3.8, 4) is 27.9 Å². The number of aromatic nitrogens is 1. The topological polar surface area (TPSA) is 21.3 Å². The fraction of sp³-hybridized carbons (Fsp3) is 0. The minimum absolute atomic E-state index is 0.889. The lowest BCUT2D eigenvalue weighted by molar-refractivity contribution is 0.670. The first-order valence-corrected chi connectivity index (χ1v) is 23.3. The van der Waals surface area contributed by atoms with E-state index in [0.717, 1.165) is 55.8 Å². The summed E-state index contributed by atoms with van der Waals surface area (Å²) in [7, 11) is 0. The van der Waals surface area contributed by atoms with Crippen molar-refractivity contribution in [3.63, 3.8) is 0 Å². The summed E-state index contributed by atoms with van der Waals surface area (Å²) in [5, 5.41) is 12.1. The number of fused-ring (bicyclic) bond motifs is 12. The van der Waals surface area contributed by atoms with Gasteiger partial charge in [-0.1, -0.05) is 176 Å². The fourth-order valence-corrected chi connectivity index (χ4v) is 11.9. The molecule has 0 N–H and O–H groups in total. The average Bonchev–Trinajstić information content (AvgIpc) is 4.07. The summed E-state index contributed by atoms with van der Waals surface area (Å²) in [6.07, 6.45) is 0. The second kappa shape index (κ2) is 14.5. The summed E-state index contributed by atoms with van der Waals surface area (Å²) in [6, 6.07) is 84.0. The van der Waals surface area contributed by atoms with Gasteiger partial charge >= 0.3 is 0 Å². The molecule has 14 rings (SSSR count). The molecule has 0 unspecified atom stereocenters. The Labute approximate surface area is 384 Å². The molecule has 14 aromatic rings. The molecule has 4 heteroatoms. The number of benzene rings is 11. The maximum atomic E-state index is 6.75. The van der Waals surface area contributed by atoms with E-state index in [-0.39, 0.29) is 0 Å². The number of thiophene rings is 1. The molecule has 0 saturated heterocycles. The molecule has 0 radical (unpaired) electrons. The van der Waals surface area contributed by atoms with Crippen LogP contribution in [0.5, 0.6) is 0 Å². The van der Waals surface area contributed by atoms with Crippen molar-refractivity contribution in [3.05, 3.63) is 231 Å². The zero-order chi connectivity index (χ0) is 43.3. The second-order valence-electron chi connectivity index (χ2n) is 17.1. The van der Waals surface area contributed by atoms with Gasteiger partial charge in [0.1, 0.15) is 11.2 Å². The summed E-state index contributed by atoms with van der Waals surface area (Å²) in [4.78, 5) is 2.53. The van der Waals surface area contributed by atoms with Crippen LogP contribution in [0.15, 0.2) is 235 Å². The van der Waals surface area contributed by atoms with Crippen LogP contribution in [0.1, 0.15) is 0 Å². The molecule has 0 aliphatic heterocycles. The third kappa shape index (κ3) is 5.49. The number of nitrogens with zero attached hydrogens (tertiary/aromatic N) is 2.